The second kappa shape index (κ2) is 6.37. The number of aliphatic carboxylic acids is 1. The topological polar surface area (TPSA) is 72.2 Å². The van der Waals surface area contributed by atoms with Crippen LogP contribution in [0.15, 0.2) is 28.4 Å². The highest BCUT2D eigenvalue weighted by Crippen LogP contribution is 2.32. The van der Waals surface area contributed by atoms with Crippen molar-refractivity contribution >= 4 is 39.1 Å². The van der Waals surface area contributed by atoms with Crippen molar-refractivity contribution in [1.29, 1.82) is 0 Å². The third-order valence-electron chi connectivity index (χ3n) is 3.90. The molecule has 0 aliphatic carbocycles. The van der Waals surface area contributed by atoms with Crippen molar-refractivity contribution in [3.8, 4) is 11.1 Å². The van der Waals surface area contributed by atoms with Gasteiger partial charge < -0.3 is 5.11 Å². The molecule has 5 nitrogen and oxygen atoms in total. The van der Waals surface area contributed by atoms with Crippen molar-refractivity contribution < 1.29 is 9.90 Å². The van der Waals surface area contributed by atoms with Crippen LogP contribution >= 0.6 is 22.9 Å². The van der Waals surface area contributed by atoms with Crippen molar-refractivity contribution in [3.63, 3.8) is 0 Å². The summed E-state index contributed by atoms with van der Waals surface area (Å²) in [6.07, 6.45) is -0.118. The molecule has 0 radical (unpaired) electrons. The molecule has 124 valence electrons. The van der Waals surface area contributed by atoms with Gasteiger partial charge in [0.2, 0.25) is 0 Å². The molecule has 0 atom stereocenters. The molecule has 0 amide bonds. The molecule has 1 N–H and O–H groups in total. The molecular formula is C17H15ClN2O3S. The molecule has 2 heterocycles. The molecule has 0 spiro atoms. The molecule has 3 aromatic rings. The Hall–Kier alpha value is -2.18. The van der Waals surface area contributed by atoms with Gasteiger partial charge in [-0.2, -0.15) is 0 Å². The van der Waals surface area contributed by atoms with E-state index in [-0.39, 0.29) is 18.5 Å². The molecule has 0 saturated carbocycles. The first-order valence-electron chi connectivity index (χ1n) is 7.35. The number of aryl methyl sites for hydroxylation is 2. The summed E-state index contributed by atoms with van der Waals surface area (Å²) in [6, 6.07) is 5.61. The maximum absolute atomic E-state index is 12.9. The molecule has 7 heteroatoms. The van der Waals surface area contributed by atoms with Gasteiger partial charge in [0, 0.05) is 22.5 Å². The number of halogens is 1. The number of hydrogen-bond acceptors (Lipinski definition) is 4. The average molecular weight is 363 g/mol. The second-order valence-corrected chi connectivity index (χ2v) is 6.82. The Morgan fingerprint density at radius 1 is 1.38 bits per heavy atom. The van der Waals surface area contributed by atoms with E-state index in [1.807, 2.05) is 24.4 Å². The van der Waals surface area contributed by atoms with E-state index in [4.69, 9.17) is 16.7 Å². The lowest BCUT2D eigenvalue weighted by Crippen LogP contribution is -2.24. The minimum Gasteiger partial charge on any atom is -0.481 e. The number of thiophene rings is 1. The quantitative estimate of drug-likeness (QED) is 0.764. The van der Waals surface area contributed by atoms with Gasteiger partial charge in [0.1, 0.15) is 10.7 Å². The Balaban J connectivity index is 2.20. The van der Waals surface area contributed by atoms with E-state index in [0.717, 1.165) is 16.7 Å². The third-order valence-corrected chi connectivity index (χ3v) is 5.20. The third kappa shape index (κ3) is 2.95. The molecule has 1 aromatic carbocycles. The van der Waals surface area contributed by atoms with Gasteiger partial charge in [0.25, 0.3) is 5.56 Å². The number of rotatable bonds is 4. The lowest BCUT2D eigenvalue weighted by atomic mass is 10.0. The van der Waals surface area contributed by atoms with Crippen LogP contribution in [0.3, 0.4) is 0 Å². The molecule has 0 aliphatic heterocycles. The van der Waals surface area contributed by atoms with Gasteiger partial charge in [0.15, 0.2) is 0 Å². The summed E-state index contributed by atoms with van der Waals surface area (Å²) in [4.78, 5) is 28.8. The Kier molecular flexibility index (Phi) is 4.43. The van der Waals surface area contributed by atoms with Gasteiger partial charge in [-0.3, -0.25) is 14.2 Å². The first-order chi connectivity index (χ1) is 11.4. The van der Waals surface area contributed by atoms with Crippen molar-refractivity contribution in [2.75, 3.05) is 0 Å². The number of benzene rings is 1. The van der Waals surface area contributed by atoms with Gasteiger partial charge in [-0.05, 0) is 37.1 Å². The van der Waals surface area contributed by atoms with E-state index >= 15 is 0 Å². The maximum atomic E-state index is 12.9. The zero-order valence-corrected chi connectivity index (χ0v) is 14.7. The maximum Gasteiger partial charge on any atom is 0.305 e. The van der Waals surface area contributed by atoms with Crippen LogP contribution in [0.1, 0.15) is 17.8 Å². The lowest BCUT2D eigenvalue weighted by molar-refractivity contribution is -0.137. The number of fused-ring (bicyclic) bond motifs is 1. The molecule has 0 bridgehead atoms. The summed E-state index contributed by atoms with van der Waals surface area (Å²) < 4.78 is 1.43. The van der Waals surface area contributed by atoms with Crippen LogP contribution < -0.4 is 5.56 Å². The SMILES string of the molecule is Cc1cc(-c2csc3nc(C)n(CCC(=O)O)c(=O)c23)ccc1Cl. The van der Waals surface area contributed by atoms with E-state index in [1.165, 1.54) is 15.9 Å². The van der Waals surface area contributed by atoms with Crippen molar-refractivity contribution in [3.05, 3.63) is 50.3 Å². The average Bonchev–Trinajstić information content (AvgIpc) is 2.93. The number of aromatic nitrogens is 2. The first-order valence-corrected chi connectivity index (χ1v) is 8.61. The zero-order chi connectivity index (χ0) is 17.4. The Labute approximate surface area is 147 Å². The van der Waals surface area contributed by atoms with Gasteiger partial charge in [-0.25, -0.2) is 4.98 Å². The second-order valence-electron chi connectivity index (χ2n) is 5.55. The van der Waals surface area contributed by atoms with E-state index < -0.39 is 5.97 Å². The van der Waals surface area contributed by atoms with E-state index in [9.17, 15) is 9.59 Å². The smallest absolute Gasteiger partial charge is 0.305 e. The number of hydrogen-bond donors (Lipinski definition) is 1. The fourth-order valence-electron chi connectivity index (χ4n) is 2.62. The van der Waals surface area contributed by atoms with Gasteiger partial charge in [0.05, 0.1) is 11.8 Å². The van der Waals surface area contributed by atoms with Crippen molar-refractivity contribution in [2.24, 2.45) is 0 Å². The van der Waals surface area contributed by atoms with Gasteiger partial charge in [-0.15, -0.1) is 11.3 Å². The van der Waals surface area contributed by atoms with E-state index in [1.54, 1.807) is 13.0 Å². The normalized spacial score (nSPS) is 11.1. The predicted molar refractivity (Wildman–Crippen MR) is 96.1 cm³/mol. The van der Waals surface area contributed by atoms with Gasteiger partial charge >= 0.3 is 5.97 Å². The highest BCUT2D eigenvalue weighted by molar-refractivity contribution is 7.17. The standard InChI is InChI=1S/C17H15ClN2O3S/c1-9-7-11(3-4-13(9)18)12-8-24-16-15(12)17(23)20(10(2)19-16)6-5-14(21)22/h3-4,7-8H,5-6H2,1-2H3,(H,21,22). The van der Waals surface area contributed by atoms with Crippen LogP contribution in [0.2, 0.25) is 5.02 Å². The number of carbonyl (C=O) groups is 1. The molecule has 0 fully saturated rings. The summed E-state index contributed by atoms with van der Waals surface area (Å²) >= 11 is 7.48. The van der Waals surface area contributed by atoms with Crippen LogP contribution in [-0.4, -0.2) is 20.6 Å². The lowest BCUT2D eigenvalue weighted by Gasteiger charge is -2.09. The monoisotopic (exact) mass is 362 g/mol. The van der Waals surface area contributed by atoms with E-state index in [0.29, 0.717) is 21.1 Å². The molecule has 0 aliphatic rings. The summed E-state index contributed by atoms with van der Waals surface area (Å²) in [5.41, 5.74) is 2.43. The molecule has 2 aromatic heterocycles. The Morgan fingerprint density at radius 2 is 2.12 bits per heavy atom. The minimum absolute atomic E-state index is 0.109. The Morgan fingerprint density at radius 3 is 2.79 bits per heavy atom. The molecule has 3 rings (SSSR count). The van der Waals surface area contributed by atoms with Crippen molar-refractivity contribution in [1.82, 2.24) is 9.55 Å². The molecule has 0 unspecified atom stereocenters. The highest BCUT2D eigenvalue weighted by Gasteiger charge is 2.16. The number of nitrogens with zero attached hydrogens (tertiary/aromatic N) is 2. The highest BCUT2D eigenvalue weighted by atomic mass is 35.5. The predicted octanol–water partition coefficient (Wildman–Crippen LogP) is 3.87. The summed E-state index contributed by atoms with van der Waals surface area (Å²) in [5.74, 6) is -0.422. The van der Waals surface area contributed by atoms with Crippen LogP contribution in [0.4, 0.5) is 0 Å². The summed E-state index contributed by atoms with van der Waals surface area (Å²) in [7, 11) is 0. The molecule has 0 saturated heterocycles. The fraction of sp³-hybridized carbons (Fsp3) is 0.235. The van der Waals surface area contributed by atoms with Crippen LogP contribution in [0.25, 0.3) is 21.3 Å². The molecular weight excluding hydrogens is 348 g/mol. The van der Waals surface area contributed by atoms with Crippen LogP contribution in [-0.2, 0) is 11.3 Å². The molecule has 24 heavy (non-hydrogen) atoms. The number of carboxylic acids is 1. The van der Waals surface area contributed by atoms with Crippen LogP contribution in [0, 0.1) is 13.8 Å². The van der Waals surface area contributed by atoms with Crippen LogP contribution in [0.5, 0.6) is 0 Å². The fourth-order valence-corrected chi connectivity index (χ4v) is 3.72. The Bertz CT molecular complexity index is 1010. The minimum atomic E-state index is -0.944. The zero-order valence-electron chi connectivity index (χ0n) is 13.2. The summed E-state index contributed by atoms with van der Waals surface area (Å²) in [5, 5.41) is 12.0. The number of carboxylic acid groups (broad SMARTS) is 1. The first kappa shape index (κ1) is 16.7. The van der Waals surface area contributed by atoms with Gasteiger partial charge in [-0.1, -0.05) is 17.7 Å². The van der Waals surface area contributed by atoms with E-state index in [2.05, 4.69) is 4.98 Å². The largest absolute Gasteiger partial charge is 0.481 e. The summed E-state index contributed by atoms with van der Waals surface area (Å²) in [6.45, 7) is 3.74. The van der Waals surface area contributed by atoms with Crippen molar-refractivity contribution in [2.45, 2.75) is 26.8 Å².